The topological polar surface area (TPSA) is 61.5 Å². The Morgan fingerprint density at radius 3 is 2.76 bits per heavy atom. The molecule has 2 aliphatic heterocycles. The second-order valence-electron chi connectivity index (χ2n) is 7.91. The number of hydrogen-bond acceptors (Lipinski definition) is 4. The third kappa shape index (κ3) is 3.66. The summed E-state index contributed by atoms with van der Waals surface area (Å²) in [6.45, 7) is 4.26. The van der Waals surface area contributed by atoms with Crippen molar-refractivity contribution in [1.29, 1.82) is 0 Å². The molecule has 6 heteroatoms. The van der Waals surface area contributed by atoms with Gasteiger partial charge in [-0.1, -0.05) is 30.3 Å². The summed E-state index contributed by atoms with van der Waals surface area (Å²) in [4.78, 5) is 25.4. The highest BCUT2D eigenvalue weighted by atomic mass is 16.5. The van der Waals surface area contributed by atoms with Crippen molar-refractivity contribution in [3.8, 4) is 0 Å². The summed E-state index contributed by atoms with van der Waals surface area (Å²) in [5.74, 6) is 0.0464. The van der Waals surface area contributed by atoms with Crippen molar-refractivity contribution in [2.75, 3.05) is 32.8 Å². The van der Waals surface area contributed by atoms with Gasteiger partial charge < -0.3 is 19.5 Å². The molecule has 2 saturated heterocycles. The molecule has 5 rings (SSSR count). The first-order chi connectivity index (χ1) is 14.3. The van der Waals surface area contributed by atoms with Gasteiger partial charge in [-0.05, 0) is 49.7 Å². The lowest BCUT2D eigenvalue weighted by molar-refractivity contribution is -0.0707. The summed E-state index contributed by atoms with van der Waals surface area (Å²) in [5, 5.41) is 0. The molecule has 150 valence electrons. The van der Waals surface area contributed by atoms with Crippen molar-refractivity contribution in [2.24, 2.45) is 0 Å². The molecule has 0 bridgehead atoms. The van der Waals surface area contributed by atoms with Crippen molar-refractivity contribution < 1.29 is 9.53 Å². The van der Waals surface area contributed by atoms with E-state index in [1.165, 1.54) is 12.8 Å². The zero-order valence-electron chi connectivity index (χ0n) is 16.5. The highest BCUT2D eigenvalue weighted by molar-refractivity contribution is 5.97. The number of nitrogens with one attached hydrogen (secondary N) is 1. The summed E-state index contributed by atoms with van der Waals surface area (Å²) >= 11 is 0. The number of aromatic nitrogens is 2. The van der Waals surface area contributed by atoms with E-state index in [4.69, 9.17) is 4.74 Å². The average molecular weight is 390 g/mol. The molecule has 1 amide bonds. The number of H-pyrrole nitrogens is 1. The highest BCUT2D eigenvalue weighted by Crippen LogP contribution is 2.32. The quantitative estimate of drug-likeness (QED) is 0.743. The second-order valence-corrected chi connectivity index (χ2v) is 7.91. The molecule has 2 aliphatic rings. The molecule has 2 aromatic carbocycles. The zero-order chi connectivity index (χ0) is 19.6. The standard InChI is InChI=1S/C23H26N4O2/c28-23(18-8-9-19-20(14-18)25-16-24-19)27-12-13-29-21(15-26-10-4-5-11-26)22(27)17-6-2-1-3-7-17/h1-3,6-9,14,16,21-22H,4-5,10-13,15H2,(H,24,25)/t21-,22-/m0/s1. The first-order valence-electron chi connectivity index (χ1n) is 10.4. The van der Waals surface area contributed by atoms with Crippen LogP contribution in [0, 0.1) is 0 Å². The van der Waals surface area contributed by atoms with Crippen molar-refractivity contribution in [3.05, 3.63) is 66.0 Å². The molecule has 0 radical (unpaired) electrons. The maximum atomic E-state index is 13.6. The van der Waals surface area contributed by atoms with Crippen LogP contribution in [0.25, 0.3) is 11.0 Å². The number of carbonyl (C=O) groups excluding carboxylic acids is 1. The normalized spacial score (nSPS) is 23.0. The minimum Gasteiger partial charge on any atom is -0.373 e. The number of benzene rings is 2. The molecule has 2 fully saturated rings. The molecule has 1 N–H and O–H groups in total. The van der Waals surface area contributed by atoms with Crippen LogP contribution in [0.3, 0.4) is 0 Å². The van der Waals surface area contributed by atoms with Crippen LogP contribution in [-0.2, 0) is 4.74 Å². The van der Waals surface area contributed by atoms with Crippen LogP contribution in [0.15, 0.2) is 54.9 Å². The van der Waals surface area contributed by atoms with Crippen LogP contribution in [0.5, 0.6) is 0 Å². The van der Waals surface area contributed by atoms with Gasteiger partial charge in [0.1, 0.15) is 0 Å². The highest BCUT2D eigenvalue weighted by Gasteiger charge is 2.38. The molecule has 3 heterocycles. The molecule has 0 spiro atoms. The van der Waals surface area contributed by atoms with Crippen LogP contribution in [0.1, 0.15) is 34.8 Å². The van der Waals surface area contributed by atoms with Gasteiger partial charge in [-0.25, -0.2) is 4.98 Å². The molecule has 2 atom stereocenters. The number of nitrogens with zero attached hydrogens (tertiary/aromatic N) is 3. The third-order valence-corrected chi connectivity index (χ3v) is 6.06. The number of aromatic amines is 1. The van der Waals surface area contributed by atoms with Crippen molar-refractivity contribution >= 4 is 16.9 Å². The van der Waals surface area contributed by atoms with Crippen LogP contribution in [-0.4, -0.2) is 64.6 Å². The van der Waals surface area contributed by atoms with Gasteiger partial charge in [0.25, 0.3) is 5.91 Å². The maximum absolute atomic E-state index is 13.6. The van der Waals surface area contributed by atoms with Crippen LogP contribution < -0.4 is 0 Å². The summed E-state index contributed by atoms with van der Waals surface area (Å²) in [5.41, 5.74) is 3.57. The lowest BCUT2D eigenvalue weighted by Crippen LogP contribution is -2.51. The van der Waals surface area contributed by atoms with Crippen LogP contribution >= 0.6 is 0 Å². The lowest BCUT2D eigenvalue weighted by Gasteiger charge is -2.42. The van der Waals surface area contributed by atoms with Gasteiger partial charge in [-0.15, -0.1) is 0 Å². The minimum atomic E-state index is -0.0875. The molecular weight excluding hydrogens is 364 g/mol. The smallest absolute Gasteiger partial charge is 0.254 e. The van der Waals surface area contributed by atoms with E-state index in [1.807, 2.05) is 41.3 Å². The van der Waals surface area contributed by atoms with Crippen molar-refractivity contribution in [2.45, 2.75) is 25.0 Å². The van der Waals surface area contributed by atoms with Gasteiger partial charge in [-0.3, -0.25) is 4.79 Å². The Labute approximate surface area is 170 Å². The number of likely N-dealkylation sites (tertiary alicyclic amines) is 1. The number of morpholine rings is 1. The van der Waals surface area contributed by atoms with E-state index in [0.29, 0.717) is 18.7 Å². The Hall–Kier alpha value is -2.70. The SMILES string of the molecule is O=C(c1ccc2nc[nH]c2c1)N1CCO[C@@H](CN2CCCC2)[C@@H]1c1ccccc1. The fourth-order valence-electron chi connectivity index (χ4n) is 4.61. The van der Waals surface area contributed by atoms with E-state index in [-0.39, 0.29) is 18.1 Å². The van der Waals surface area contributed by atoms with Gasteiger partial charge in [-0.2, -0.15) is 0 Å². The fourth-order valence-corrected chi connectivity index (χ4v) is 4.61. The molecule has 0 unspecified atom stereocenters. The number of carbonyl (C=O) groups is 1. The maximum Gasteiger partial charge on any atom is 0.254 e. The Balaban J connectivity index is 1.47. The van der Waals surface area contributed by atoms with E-state index in [0.717, 1.165) is 36.2 Å². The Kier molecular flexibility index (Phi) is 5.04. The van der Waals surface area contributed by atoms with E-state index in [2.05, 4.69) is 27.0 Å². The van der Waals surface area contributed by atoms with E-state index < -0.39 is 0 Å². The molecule has 6 nitrogen and oxygen atoms in total. The van der Waals surface area contributed by atoms with Gasteiger partial charge in [0.15, 0.2) is 0 Å². The monoisotopic (exact) mass is 390 g/mol. The summed E-state index contributed by atoms with van der Waals surface area (Å²) in [6, 6.07) is 15.9. The summed E-state index contributed by atoms with van der Waals surface area (Å²) < 4.78 is 6.23. The number of amides is 1. The van der Waals surface area contributed by atoms with Gasteiger partial charge in [0, 0.05) is 18.7 Å². The van der Waals surface area contributed by atoms with E-state index in [1.54, 1.807) is 6.33 Å². The average Bonchev–Trinajstić information content (AvgIpc) is 3.45. The van der Waals surface area contributed by atoms with Crippen LogP contribution in [0.4, 0.5) is 0 Å². The number of rotatable bonds is 4. The third-order valence-electron chi connectivity index (χ3n) is 6.06. The van der Waals surface area contributed by atoms with Crippen molar-refractivity contribution in [1.82, 2.24) is 19.8 Å². The number of imidazole rings is 1. The first kappa shape index (κ1) is 18.3. The number of ether oxygens (including phenoxy) is 1. The summed E-state index contributed by atoms with van der Waals surface area (Å²) in [7, 11) is 0. The van der Waals surface area contributed by atoms with Crippen LogP contribution in [0.2, 0.25) is 0 Å². The zero-order valence-corrected chi connectivity index (χ0v) is 16.5. The summed E-state index contributed by atoms with van der Waals surface area (Å²) in [6.07, 6.45) is 4.13. The van der Waals surface area contributed by atoms with Gasteiger partial charge in [0.2, 0.25) is 0 Å². The Morgan fingerprint density at radius 2 is 1.93 bits per heavy atom. The van der Waals surface area contributed by atoms with Gasteiger partial charge >= 0.3 is 0 Å². The largest absolute Gasteiger partial charge is 0.373 e. The molecule has 0 aliphatic carbocycles. The molecule has 1 aromatic heterocycles. The predicted octanol–water partition coefficient (Wildman–Crippen LogP) is 3.24. The Morgan fingerprint density at radius 1 is 1.10 bits per heavy atom. The predicted molar refractivity (Wildman–Crippen MR) is 112 cm³/mol. The van der Waals surface area contributed by atoms with E-state index >= 15 is 0 Å². The minimum absolute atomic E-state index is 0.0240. The van der Waals surface area contributed by atoms with E-state index in [9.17, 15) is 4.79 Å². The second kappa shape index (κ2) is 7.97. The molecule has 3 aromatic rings. The number of hydrogen-bond donors (Lipinski definition) is 1. The fraction of sp³-hybridized carbons (Fsp3) is 0.391. The number of fused-ring (bicyclic) bond motifs is 1. The molecule has 29 heavy (non-hydrogen) atoms. The Bertz CT molecular complexity index is 981. The molecule has 0 saturated carbocycles. The first-order valence-corrected chi connectivity index (χ1v) is 10.4. The van der Waals surface area contributed by atoms with Gasteiger partial charge in [0.05, 0.1) is 36.1 Å². The lowest BCUT2D eigenvalue weighted by atomic mass is 9.96. The van der Waals surface area contributed by atoms with Crippen molar-refractivity contribution in [3.63, 3.8) is 0 Å². The molecular formula is C23H26N4O2.